The van der Waals surface area contributed by atoms with E-state index < -0.39 is 0 Å². The highest BCUT2D eigenvalue weighted by atomic mass is 35.5. The molecule has 0 saturated carbocycles. The topological polar surface area (TPSA) is 47.6 Å². The van der Waals surface area contributed by atoms with E-state index in [1.54, 1.807) is 0 Å². The molecule has 0 aliphatic carbocycles. The van der Waals surface area contributed by atoms with E-state index in [0.717, 1.165) is 30.3 Å². The Morgan fingerprint density at radius 1 is 1.15 bits per heavy atom. The van der Waals surface area contributed by atoms with Crippen LogP contribution in [0.25, 0.3) is 0 Å². The summed E-state index contributed by atoms with van der Waals surface area (Å²) in [5.74, 6) is 0. The molecule has 0 atom stereocenters. The highest BCUT2D eigenvalue weighted by Crippen LogP contribution is 2.23. The van der Waals surface area contributed by atoms with E-state index in [1.165, 1.54) is 58.3 Å². The van der Waals surface area contributed by atoms with E-state index in [4.69, 9.17) is 11.6 Å². The van der Waals surface area contributed by atoms with Crippen molar-refractivity contribution < 1.29 is 4.79 Å². The summed E-state index contributed by atoms with van der Waals surface area (Å²) in [6.45, 7) is 8.64. The zero-order valence-electron chi connectivity index (χ0n) is 16.5. The van der Waals surface area contributed by atoms with Gasteiger partial charge in [0.05, 0.1) is 0 Å². The fourth-order valence-corrected chi connectivity index (χ4v) is 4.38. The van der Waals surface area contributed by atoms with Crippen LogP contribution in [0, 0.1) is 6.92 Å². The van der Waals surface area contributed by atoms with Crippen molar-refractivity contribution in [3.8, 4) is 0 Å². The smallest absolute Gasteiger partial charge is 0.319 e. The van der Waals surface area contributed by atoms with Crippen molar-refractivity contribution >= 4 is 23.3 Å². The minimum absolute atomic E-state index is 0.163. The number of nitrogens with zero attached hydrogens (tertiary/aromatic N) is 2. The molecule has 2 fully saturated rings. The van der Waals surface area contributed by atoms with Crippen LogP contribution in [0.5, 0.6) is 0 Å². The van der Waals surface area contributed by atoms with E-state index in [9.17, 15) is 4.79 Å². The third-order valence-electron chi connectivity index (χ3n) is 5.92. The Labute approximate surface area is 168 Å². The van der Waals surface area contributed by atoms with Crippen LogP contribution < -0.4 is 10.6 Å². The summed E-state index contributed by atoms with van der Waals surface area (Å²) in [6.07, 6.45) is 7.73. The summed E-state index contributed by atoms with van der Waals surface area (Å²) >= 11 is 6.09. The Kier molecular flexibility index (Phi) is 7.80. The Morgan fingerprint density at radius 3 is 2.63 bits per heavy atom. The van der Waals surface area contributed by atoms with Gasteiger partial charge in [-0.25, -0.2) is 4.79 Å². The summed E-state index contributed by atoms with van der Waals surface area (Å²) in [6, 6.07) is 6.18. The molecule has 2 aliphatic heterocycles. The van der Waals surface area contributed by atoms with Gasteiger partial charge in [-0.3, -0.25) is 0 Å². The van der Waals surface area contributed by atoms with Crippen molar-refractivity contribution in [3.63, 3.8) is 0 Å². The number of rotatable bonds is 6. The molecule has 0 bridgehead atoms. The monoisotopic (exact) mass is 392 g/mol. The molecule has 27 heavy (non-hydrogen) atoms. The number of piperidine rings is 2. The lowest BCUT2D eigenvalue weighted by molar-refractivity contribution is 0.0922. The van der Waals surface area contributed by atoms with Crippen LogP contribution in [-0.2, 0) is 0 Å². The quantitative estimate of drug-likeness (QED) is 0.716. The van der Waals surface area contributed by atoms with Gasteiger partial charge in [0.25, 0.3) is 0 Å². The van der Waals surface area contributed by atoms with Crippen LogP contribution in [0.15, 0.2) is 18.2 Å². The summed E-state index contributed by atoms with van der Waals surface area (Å²) in [5, 5.41) is 6.50. The fraction of sp³-hybridized carbons (Fsp3) is 0.667. The summed E-state index contributed by atoms with van der Waals surface area (Å²) in [7, 11) is 0. The SMILES string of the molecule is Cc1c(Cl)cccc1NC(=O)NCCCN1CCC(N2CCCCC2)CC1. The number of nitrogens with one attached hydrogen (secondary N) is 2. The predicted octanol–water partition coefficient (Wildman–Crippen LogP) is 4.11. The molecule has 3 rings (SSSR count). The molecule has 5 nitrogen and oxygen atoms in total. The molecule has 0 radical (unpaired) electrons. The van der Waals surface area contributed by atoms with Crippen molar-refractivity contribution in [1.29, 1.82) is 0 Å². The second-order valence-corrected chi connectivity index (χ2v) is 8.22. The first-order valence-corrected chi connectivity index (χ1v) is 10.8. The number of likely N-dealkylation sites (tertiary alicyclic amines) is 2. The molecular weight excluding hydrogens is 360 g/mol. The van der Waals surface area contributed by atoms with Crippen molar-refractivity contribution in [2.45, 2.75) is 51.5 Å². The van der Waals surface area contributed by atoms with Crippen LogP contribution in [0.4, 0.5) is 10.5 Å². The molecule has 150 valence electrons. The van der Waals surface area contributed by atoms with Gasteiger partial charge in [0.2, 0.25) is 0 Å². The zero-order valence-corrected chi connectivity index (χ0v) is 17.2. The van der Waals surface area contributed by atoms with Gasteiger partial charge >= 0.3 is 6.03 Å². The highest BCUT2D eigenvalue weighted by molar-refractivity contribution is 6.31. The summed E-state index contributed by atoms with van der Waals surface area (Å²) in [4.78, 5) is 17.3. The molecule has 2 saturated heterocycles. The Hall–Kier alpha value is -1.30. The molecule has 0 aromatic heterocycles. The van der Waals surface area contributed by atoms with Gasteiger partial charge < -0.3 is 20.4 Å². The molecule has 1 aromatic rings. The van der Waals surface area contributed by atoms with Crippen molar-refractivity contribution in [2.75, 3.05) is 44.6 Å². The standard InChI is InChI=1S/C21H33ClN4O/c1-17-19(22)7-5-8-20(17)24-21(27)23-11-6-12-25-15-9-18(10-16-25)26-13-3-2-4-14-26/h5,7-8,18H,2-4,6,9-16H2,1H3,(H2,23,24,27). The number of carbonyl (C=O) groups is 1. The number of benzene rings is 1. The molecule has 6 heteroatoms. The van der Waals surface area contributed by atoms with Crippen molar-refractivity contribution in [2.24, 2.45) is 0 Å². The zero-order chi connectivity index (χ0) is 19.1. The highest BCUT2D eigenvalue weighted by Gasteiger charge is 2.25. The van der Waals surface area contributed by atoms with Gasteiger partial charge in [-0.15, -0.1) is 0 Å². The molecule has 2 amide bonds. The number of anilines is 1. The summed E-state index contributed by atoms with van der Waals surface area (Å²) in [5.41, 5.74) is 1.66. The molecule has 0 unspecified atom stereocenters. The number of amides is 2. The van der Waals surface area contributed by atoms with Crippen molar-refractivity contribution in [1.82, 2.24) is 15.1 Å². The minimum Gasteiger partial charge on any atom is -0.338 e. The molecular formula is C21H33ClN4O. The number of hydrogen-bond donors (Lipinski definition) is 2. The second kappa shape index (κ2) is 10.3. The maximum absolute atomic E-state index is 12.1. The molecule has 1 aromatic carbocycles. The van der Waals surface area contributed by atoms with Crippen LogP contribution in [-0.4, -0.2) is 61.1 Å². The Balaban J connectivity index is 1.29. The Morgan fingerprint density at radius 2 is 1.89 bits per heavy atom. The lowest BCUT2D eigenvalue weighted by Crippen LogP contribution is -2.47. The van der Waals surface area contributed by atoms with E-state index >= 15 is 0 Å². The van der Waals surface area contributed by atoms with Crippen LogP contribution in [0.2, 0.25) is 5.02 Å². The molecule has 0 spiro atoms. The normalized spacial score (nSPS) is 19.8. The first-order valence-electron chi connectivity index (χ1n) is 10.4. The van der Waals surface area contributed by atoms with Gasteiger partial charge in [0.1, 0.15) is 0 Å². The van der Waals surface area contributed by atoms with E-state index in [0.29, 0.717) is 11.6 Å². The van der Waals surface area contributed by atoms with Crippen LogP contribution >= 0.6 is 11.6 Å². The lowest BCUT2D eigenvalue weighted by atomic mass is 10.00. The Bertz CT molecular complexity index is 610. The van der Waals surface area contributed by atoms with Gasteiger partial charge in [0, 0.05) is 23.3 Å². The van der Waals surface area contributed by atoms with Crippen LogP contribution in [0.3, 0.4) is 0 Å². The van der Waals surface area contributed by atoms with Gasteiger partial charge in [-0.05, 0) is 89.4 Å². The first kappa shape index (κ1) is 20.4. The third-order valence-corrected chi connectivity index (χ3v) is 6.33. The number of halogens is 1. The third kappa shape index (κ3) is 6.09. The van der Waals surface area contributed by atoms with Gasteiger partial charge in [-0.1, -0.05) is 24.1 Å². The number of urea groups is 1. The molecule has 2 N–H and O–H groups in total. The van der Waals surface area contributed by atoms with Crippen molar-refractivity contribution in [3.05, 3.63) is 28.8 Å². The number of hydrogen-bond acceptors (Lipinski definition) is 3. The lowest BCUT2D eigenvalue weighted by Gasteiger charge is -2.40. The molecule has 2 aliphatic rings. The fourth-order valence-electron chi connectivity index (χ4n) is 4.21. The second-order valence-electron chi connectivity index (χ2n) is 7.82. The average Bonchev–Trinajstić information content (AvgIpc) is 2.70. The van der Waals surface area contributed by atoms with Gasteiger partial charge in [-0.2, -0.15) is 0 Å². The predicted molar refractivity (Wildman–Crippen MR) is 113 cm³/mol. The number of carbonyl (C=O) groups excluding carboxylic acids is 1. The first-order chi connectivity index (χ1) is 13.1. The molecule has 2 heterocycles. The maximum atomic E-state index is 12.1. The van der Waals surface area contributed by atoms with E-state index in [1.807, 2.05) is 25.1 Å². The van der Waals surface area contributed by atoms with Gasteiger partial charge in [0.15, 0.2) is 0 Å². The van der Waals surface area contributed by atoms with E-state index in [2.05, 4.69) is 20.4 Å². The van der Waals surface area contributed by atoms with Crippen LogP contribution in [0.1, 0.15) is 44.1 Å². The summed E-state index contributed by atoms with van der Waals surface area (Å²) < 4.78 is 0. The van der Waals surface area contributed by atoms with E-state index in [-0.39, 0.29) is 6.03 Å². The largest absolute Gasteiger partial charge is 0.338 e. The minimum atomic E-state index is -0.163. The maximum Gasteiger partial charge on any atom is 0.319 e. The average molecular weight is 393 g/mol.